The summed E-state index contributed by atoms with van der Waals surface area (Å²) in [6, 6.07) is 1.98. The van der Waals surface area contributed by atoms with Crippen LogP contribution < -0.4 is 5.32 Å². The van der Waals surface area contributed by atoms with Gasteiger partial charge in [-0.2, -0.15) is 5.26 Å². The Hall–Kier alpha value is -1.08. The molecule has 1 heterocycles. The number of carbonyl (C=O) groups excluding carboxylic acids is 1. The Morgan fingerprint density at radius 3 is 3.08 bits per heavy atom. The first kappa shape index (κ1) is 10.0. The summed E-state index contributed by atoms with van der Waals surface area (Å²) in [4.78, 5) is 11.4. The average Bonchev–Trinajstić information content (AvgIpc) is 2.52. The van der Waals surface area contributed by atoms with Crippen molar-refractivity contribution in [3.8, 4) is 6.07 Å². The number of ether oxygens (including phenoxy) is 1. The second kappa shape index (κ2) is 4.83. The molecule has 2 atom stereocenters. The third kappa shape index (κ3) is 3.03. The van der Waals surface area contributed by atoms with E-state index in [1.807, 2.05) is 13.0 Å². The Bertz CT molecular complexity index is 222. The molecule has 1 N–H and O–H groups in total. The van der Waals surface area contributed by atoms with Gasteiger partial charge in [-0.05, 0) is 13.3 Å². The van der Waals surface area contributed by atoms with Crippen molar-refractivity contribution in [1.29, 1.82) is 5.26 Å². The topological polar surface area (TPSA) is 62.1 Å². The van der Waals surface area contributed by atoms with E-state index in [9.17, 15) is 4.79 Å². The predicted molar refractivity (Wildman–Crippen MR) is 46.8 cm³/mol. The minimum atomic E-state index is -0.0197. The zero-order valence-electron chi connectivity index (χ0n) is 7.75. The van der Waals surface area contributed by atoms with Crippen molar-refractivity contribution in [2.45, 2.75) is 25.9 Å². The van der Waals surface area contributed by atoms with Gasteiger partial charge in [0.1, 0.15) is 0 Å². The first-order valence-electron chi connectivity index (χ1n) is 4.50. The van der Waals surface area contributed by atoms with Gasteiger partial charge in [0.05, 0.1) is 31.1 Å². The lowest BCUT2D eigenvalue weighted by atomic mass is 10.1. The first-order valence-corrected chi connectivity index (χ1v) is 4.50. The van der Waals surface area contributed by atoms with Crippen LogP contribution >= 0.6 is 0 Å². The Balaban J connectivity index is 2.21. The molecule has 1 aliphatic heterocycles. The van der Waals surface area contributed by atoms with Crippen molar-refractivity contribution in [2.75, 3.05) is 13.2 Å². The second-order valence-corrected chi connectivity index (χ2v) is 3.28. The smallest absolute Gasteiger partial charge is 0.225 e. The van der Waals surface area contributed by atoms with Gasteiger partial charge >= 0.3 is 0 Å². The maximum atomic E-state index is 11.4. The summed E-state index contributed by atoms with van der Waals surface area (Å²) in [5.41, 5.74) is 0. The van der Waals surface area contributed by atoms with Crippen LogP contribution in [-0.4, -0.2) is 25.2 Å². The van der Waals surface area contributed by atoms with Gasteiger partial charge in [-0.25, -0.2) is 0 Å². The number of hydrogen-bond donors (Lipinski definition) is 1. The molecule has 1 rings (SSSR count). The van der Waals surface area contributed by atoms with Crippen LogP contribution in [0.25, 0.3) is 0 Å². The maximum absolute atomic E-state index is 11.4. The van der Waals surface area contributed by atoms with Gasteiger partial charge in [-0.3, -0.25) is 4.79 Å². The van der Waals surface area contributed by atoms with E-state index in [0.29, 0.717) is 19.6 Å². The predicted octanol–water partition coefficient (Wildman–Crippen LogP) is 0.441. The number of nitriles is 1. The van der Waals surface area contributed by atoms with Crippen LogP contribution in [0.15, 0.2) is 0 Å². The molecule has 0 saturated carbocycles. The summed E-state index contributed by atoms with van der Waals surface area (Å²) in [6.45, 7) is 2.92. The Morgan fingerprint density at radius 2 is 2.54 bits per heavy atom. The summed E-state index contributed by atoms with van der Waals surface area (Å²) in [5, 5.41) is 11.0. The Kier molecular flexibility index (Phi) is 3.71. The zero-order valence-corrected chi connectivity index (χ0v) is 7.75. The number of nitrogens with zero attached hydrogens (tertiary/aromatic N) is 1. The van der Waals surface area contributed by atoms with Crippen LogP contribution in [0.4, 0.5) is 0 Å². The minimum Gasteiger partial charge on any atom is -0.378 e. The summed E-state index contributed by atoms with van der Waals surface area (Å²) in [6.07, 6.45) is 1.35. The van der Waals surface area contributed by atoms with E-state index in [2.05, 4.69) is 5.32 Å². The molecule has 0 radical (unpaired) electrons. The van der Waals surface area contributed by atoms with Crippen LogP contribution in [0.3, 0.4) is 0 Å². The van der Waals surface area contributed by atoms with Gasteiger partial charge < -0.3 is 10.1 Å². The molecule has 0 aromatic heterocycles. The van der Waals surface area contributed by atoms with Crippen LogP contribution in [0.5, 0.6) is 0 Å². The molecule has 0 aliphatic carbocycles. The maximum Gasteiger partial charge on any atom is 0.225 e. The van der Waals surface area contributed by atoms with Crippen molar-refractivity contribution in [2.24, 2.45) is 5.92 Å². The monoisotopic (exact) mass is 182 g/mol. The SMILES string of the molecule is CC1CC(C(=O)NCCC#N)CO1. The lowest BCUT2D eigenvalue weighted by Crippen LogP contribution is -2.31. The summed E-state index contributed by atoms with van der Waals surface area (Å²) in [7, 11) is 0. The molecule has 1 aliphatic rings. The summed E-state index contributed by atoms with van der Waals surface area (Å²) in [5.74, 6) is -0.00621. The Morgan fingerprint density at radius 1 is 1.77 bits per heavy atom. The number of nitrogens with one attached hydrogen (secondary N) is 1. The molecule has 0 bridgehead atoms. The summed E-state index contributed by atoms with van der Waals surface area (Å²) < 4.78 is 5.27. The average molecular weight is 182 g/mol. The molecule has 4 heteroatoms. The zero-order chi connectivity index (χ0) is 9.68. The van der Waals surface area contributed by atoms with E-state index in [4.69, 9.17) is 10.00 Å². The van der Waals surface area contributed by atoms with Gasteiger partial charge in [0.25, 0.3) is 0 Å². The molecular formula is C9H14N2O2. The molecule has 1 saturated heterocycles. The number of hydrogen-bond acceptors (Lipinski definition) is 3. The number of carbonyl (C=O) groups is 1. The van der Waals surface area contributed by atoms with Crippen molar-refractivity contribution in [3.05, 3.63) is 0 Å². The quantitative estimate of drug-likeness (QED) is 0.644. The van der Waals surface area contributed by atoms with Gasteiger partial charge in [0.15, 0.2) is 0 Å². The van der Waals surface area contributed by atoms with Crippen molar-refractivity contribution in [1.82, 2.24) is 5.32 Å². The third-order valence-corrected chi connectivity index (χ3v) is 2.11. The molecular weight excluding hydrogens is 168 g/mol. The van der Waals surface area contributed by atoms with Crippen LogP contribution in [-0.2, 0) is 9.53 Å². The van der Waals surface area contributed by atoms with E-state index in [1.165, 1.54) is 0 Å². The molecule has 2 unspecified atom stereocenters. The Labute approximate surface area is 77.9 Å². The van der Waals surface area contributed by atoms with Crippen molar-refractivity contribution < 1.29 is 9.53 Å². The van der Waals surface area contributed by atoms with Gasteiger partial charge in [0, 0.05) is 6.54 Å². The van der Waals surface area contributed by atoms with Crippen molar-refractivity contribution >= 4 is 5.91 Å². The molecule has 0 spiro atoms. The highest BCUT2D eigenvalue weighted by atomic mass is 16.5. The van der Waals surface area contributed by atoms with Gasteiger partial charge in [-0.1, -0.05) is 0 Å². The highest BCUT2D eigenvalue weighted by molar-refractivity contribution is 5.79. The van der Waals surface area contributed by atoms with E-state index in [0.717, 1.165) is 6.42 Å². The van der Waals surface area contributed by atoms with E-state index < -0.39 is 0 Å². The highest BCUT2D eigenvalue weighted by Crippen LogP contribution is 2.18. The minimum absolute atomic E-state index is 0.0135. The third-order valence-electron chi connectivity index (χ3n) is 2.11. The molecule has 72 valence electrons. The molecule has 1 amide bonds. The highest BCUT2D eigenvalue weighted by Gasteiger charge is 2.27. The molecule has 0 aromatic carbocycles. The lowest BCUT2D eigenvalue weighted by Gasteiger charge is -2.06. The molecule has 13 heavy (non-hydrogen) atoms. The van der Waals surface area contributed by atoms with E-state index in [-0.39, 0.29) is 17.9 Å². The van der Waals surface area contributed by atoms with E-state index >= 15 is 0 Å². The van der Waals surface area contributed by atoms with Gasteiger partial charge in [0.2, 0.25) is 5.91 Å². The van der Waals surface area contributed by atoms with Crippen LogP contribution in [0.1, 0.15) is 19.8 Å². The normalized spacial score (nSPS) is 26.8. The number of amides is 1. The fraction of sp³-hybridized carbons (Fsp3) is 0.778. The largest absolute Gasteiger partial charge is 0.378 e. The molecule has 4 nitrogen and oxygen atoms in total. The van der Waals surface area contributed by atoms with Gasteiger partial charge in [-0.15, -0.1) is 0 Å². The van der Waals surface area contributed by atoms with E-state index in [1.54, 1.807) is 0 Å². The fourth-order valence-corrected chi connectivity index (χ4v) is 1.39. The fourth-order valence-electron chi connectivity index (χ4n) is 1.39. The van der Waals surface area contributed by atoms with Crippen LogP contribution in [0.2, 0.25) is 0 Å². The summed E-state index contributed by atoms with van der Waals surface area (Å²) >= 11 is 0. The molecule has 0 aromatic rings. The standard InChI is InChI=1S/C9H14N2O2/c1-7-5-8(6-13-7)9(12)11-4-2-3-10/h7-8H,2,4-6H2,1H3,(H,11,12). The lowest BCUT2D eigenvalue weighted by molar-refractivity contribution is -0.124. The first-order chi connectivity index (χ1) is 6.24. The number of rotatable bonds is 3. The van der Waals surface area contributed by atoms with Crippen LogP contribution in [0, 0.1) is 17.2 Å². The van der Waals surface area contributed by atoms with Crippen molar-refractivity contribution in [3.63, 3.8) is 0 Å². The second-order valence-electron chi connectivity index (χ2n) is 3.28. The molecule has 1 fully saturated rings.